The van der Waals surface area contributed by atoms with Crippen molar-refractivity contribution in [3.05, 3.63) is 89.5 Å². The molecule has 7 nitrogen and oxygen atoms in total. The number of carbonyl (C=O) groups excluding carboxylic acids is 2. The molecule has 1 heterocycles. The number of rotatable bonds is 5. The molecule has 2 amide bonds. The van der Waals surface area contributed by atoms with Crippen molar-refractivity contribution in [2.24, 2.45) is 5.73 Å². The Kier molecular flexibility index (Phi) is 4.55. The maximum atomic E-state index is 12.4. The van der Waals surface area contributed by atoms with Gasteiger partial charge in [-0.05, 0) is 54.1 Å². The fraction of sp³-hybridized carbons (Fsp3) is 0.0476. The average molecular weight is 371 g/mol. The van der Waals surface area contributed by atoms with Gasteiger partial charge >= 0.3 is 0 Å². The summed E-state index contributed by atoms with van der Waals surface area (Å²) in [5.41, 5.74) is 9.55. The maximum absolute atomic E-state index is 12.4. The summed E-state index contributed by atoms with van der Waals surface area (Å²) in [4.78, 5) is 23.5. The number of nitrogens with two attached hydrogens (primary N) is 1. The van der Waals surface area contributed by atoms with Gasteiger partial charge in [0.25, 0.3) is 5.91 Å². The number of aromatic nitrogens is 3. The molecule has 0 spiro atoms. The first-order chi connectivity index (χ1) is 13.6. The van der Waals surface area contributed by atoms with E-state index < -0.39 is 5.91 Å². The van der Waals surface area contributed by atoms with Gasteiger partial charge in [-0.15, -0.1) is 5.10 Å². The van der Waals surface area contributed by atoms with E-state index in [-0.39, 0.29) is 5.91 Å². The minimum atomic E-state index is -0.506. The van der Waals surface area contributed by atoms with Crippen LogP contribution in [-0.2, 0) is 6.54 Å². The van der Waals surface area contributed by atoms with E-state index in [1.54, 1.807) is 36.4 Å². The van der Waals surface area contributed by atoms with Crippen LogP contribution in [0.15, 0.2) is 72.8 Å². The second-order valence-corrected chi connectivity index (χ2v) is 6.33. The molecule has 1 aromatic heterocycles. The van der Waals surface area contributed by atoms with E-state index in [1.807, 2.05) is 41.1 Å². The van der Waals surface area contributed by atoms with Crippen LogP contribution >= 0.6 is 0 Å². The molecular formula is C21H17N5O2. The third-order valence-electron chi connectivity index (χ3n) is 4.40. The topological polar surface area (TPSA) is 103 Å². The molecule has 28 heavy (non-hydrogen) atoms. The first-order valence-corrected chi connectivity index (χ1v) is 8.68. The van der Waals surface area contributed by atoms with E-state index in [0.717, 1.165) is 16.6 Å². The van der Waals surface area contributed by atoms with Gasteiger partial charge in [-0.25, -0.2) is 4.68 Å². The van der Waals surface area contributed by atoms with Crippen LogP contribution in [0.5, 0.6) is 0 Å². The second-order valence-electron chi connectivity index (χ2n) is 6.33. The number of hydrogen-bond donors (Lipinski definition) is 2. The molecule has 0 radical (unpaired) electrons. The summed E-state index contributed by atoms with van der Waals surface area (Å²) >= 11 is 0. The summed E-state index contributed by atoms with van der Waals surface area (Å²) in [6.45, 7) is 0.566. The molecule has 138 valence electrons. The molecule has 4 aromatic rings. The molecule has 4 rings (SSSR count). The molecule has 0 unspecified atom stereocenters. The minimum absolute atomic E-state index is 0.232. The van der Waals surface area contributed by atoms with Gasteiger partial charge in [0, 0.05) is 16.8 Å². The summed E-state index contributed by atoms with van der Waals surface area (Å²) < 4.78 is 1.82. The lowest BCUT2D eigenvalue weighted by molar-refractivity contribution is 0.0998. The number of fused-ring (bicyclic) bond motifs is 1. The SMILES string of the molecule is NC(=O)c1ccc(NC(=O)c2ccc(Cn3nnc4ccccc43)cc2)cc1. The fourth-order valence-electron chi connectivity index (χ4n) is 2.89. The van der Waals surface area contributed by atoms with Crippen molar-refractivity contribution in [2.75, 3.05) is 5.32 Å². The number of para-hydroxylation sites is 1. The predicted molar refractivity (Wildman–Crippen MR) is 106 cm³/mol. The summed E-state index contributed by atoms with van der Waals surface area (Å²) in [6.07, 6.45) is 0. The lowest BCUT2D eigenvalue weighted by Crippen LogP contribution is -2.13. The number of carbonyl (C=O) groups is 2. The van der Waals surface area contributed by atoms with Crippen molar-refractivity contribution >= 4 is 28.5 Å². The van der Waals surface area contributed by atoms with E-state index in [0.29, 0.717) is 23.4 Å². The van der Waals surface area contributed by atoms with Crippen LogP contribution in [0.3, 0.4) is 0 Å². The molecule has 0 fully saturated rings. The zero-order valence-corrected chi connectivity index (χ0v) is 14.9. The lowest BCUT2D eigenvalue weighted by Gasteiger charge is -2.07. The van der Waals surface area contributed by atoms with Crippen molar-refractivity contribution in [3.8, 4) is 0 Å². The summed E-state index contributed by atoms with van der Waals surface area (Å²) in [5.74, 6) is -0.738. The number of benzene rings is 3. The second kappa shape index (κ2) is 7.32. The summed E-state index contributed by atoms with van der Waals surface area (Å²) in [6, 6.07) is 21.5. The molecule has 3 aromatic carbocycles. The van der Waals surface area contributed by atoms with E-state index in [4.69, 9.17) is 5.73 Å². The van der Waals surface area contributed by atoms with Crippen LogP contribution in [0, 0.1) is 0 Å². The number of hydrogen-bond acceptors (Lipinski definition) is 4. The van der Waals surface area contributed by atoms with Crippen LogP contribution < -0.4 is 11.1 Å². The van der Waals surface area contributed by atoms with Crippen LogP contribution in [0.2, 0.25) is 0 Å². The Morgan fingerprint density at radius 2 is 1.57 bits per heavy atom. The van der Waals surface area contributed by atoms with Crippen LogP contribution in [0.4, 0.5) is 5.69 Å². The fourth-order valence-corrected chi connectivity index (χ4v) is 2.89. The molecule has 7 heteroatoms. The van der Waals surface area contributed by atoms with Gasteiger partial charge in [0.05, 0.1) is 12.1 Å². The third-order valence-corrected chi connectivity index (χ3v) is 4.40. The average Bonchev–Trinajstić information content (AvgIpc) is 3.12. The smallest absolute Gasteiger partial charge is 0.255 e. The van der Waals surface area contributed by atoms with Gasteiger partial charge in [0.1, 0.15) is 5.52 Å². The standard InChI is InChI=1S/C21H17N5O2/c22-20(27)15-9-11-17(12-10-15)23-21(28)16-7-5-14(6-8-16)13-26-19-4-2-1-3-18(19)24-25-26/h1-12H,13H2,(H2,22,27)(H,23,28). The number of amides is 2. The van der Waals surface area contributed by atoms with Gasteiger partial charge in [-0.1, -0.05) is 29.5 Å². The number of primary amides is 1. The third kappa shape index (κ3) is 3.59. The van der Waals surface area contributed by atoms with Gasteiger partial charge in [0.2, 0.25) is 5.91 Å². The molecule has 0 aliphatic carbocycles. The molecule has 0 atom stereocenters. The molecule has 0 aliphatic rings. The predicted octanol–water partition coefficient (Wildman–Crippen LogP) is 2.83. The van der Waals surface area contributed by atoms with Crippen molar-refractivity contribution in [1.82, 2.24) is 15.0 Å². The van der Waals surface area contributed by atoms with E-state index in [9.17, 15) is 9.59 Å². The Labute approximate surface area is 160 Å². The van der Waals surface area contributed by atoms with Crippen molar-refractivity contribution in [2.45, 2.75) is 6.54 Å². The maximum Gasteiger partial charge on any atom is 0.255 e. The zero-order valence-electron chi connectivity index (χ0n) is 14.9. The molecule has 0 bridgehead atoms. The van der Waals surface area contributed by atoms with Gasteiger partial charge in [-0.2, -0.15) is 0 Å². The van der Waals surface area contributed by atoms with E-state index >= 15 is 0 Å². The lowest BCUT2D eigenvalue weighted by atomic mass is 10.1. The normalized spacial score (nSPS) is 10.7. The molecule has 3 N–H and O–H groups in total. The Morgan fingerprint density at radius 1 is 0.893 bits per heavy atom. The molecule has 0 aliphatic heterocycles. The highest BCUT2D eigenvalue weighted by molar-refractivity contribution is 6.04. The quantitative estimate of drug-likeness (QED) is 0.563. The highest BCUT2D eigenvalue weighted by Crippen LogP contribution is 2.14. The van der Waals surface area contributed by atoms with Gasteiger partial charge in [-0.3, -0.25) is 9.59 Å². The number of nitrogens with one attached hydrogen (secondary N) is 1. The summed E-state index contributed by atoms with van der Waals surface area (Å²) in [7, 11) is 0. The number of anilines is 1. The van der Waals surface area contributed by atoms with Crippen LogP contribution in [-0.4, -0.2) is 26.8 Å². The van der Waals surface area contributed by atoms with Gasteiger partial charge < -0.3 is 11.1 Å². The van der Waals surface area contributed by atoms with Crippen molar-refractivity contribution < 1.29 is 9.59 Å². The Bertz CT molecular complexity index is 1150. The van der Waals surface area contributed by atoms with Gasteiger partial charge in [0.15, 0.2) is 0 Å². The highest BCUT2D eigenvalue weighted by Gasteiger charge is 2.08. The van der Waals surface area contributed by atoms with E-state index in [2.05, 4.69) is 15.6 Å². The van der Waals surface area contributed by atoms with Crippen molar-refractivity contribution in [1.29, 1.82) is 0 Å². The summed E-state index contributed by atoms with van der Waals surface area (Å²) in [5, 5.41) is 11.1. The first-order valence-electron chi connectivity index (χ1n) is 8.68. The Hall–Kier alpha value is -4.00. The van der Waals surface area contributed by atoms with Crippen LogP contribution in [0.1, 0.15) is 26.3 Å². The largest absolute Gasteiger partial charge is 0.366 e. The minimum Gasteiger partial charge on any atom is -0.366 e. The monoisotopic (exact) mass is 371 g/mol. The zero-order chi connectivity index (χ0) is 19.5. The molecule has 0 saturated carbocycles. The Morgan fingerprint density at radius 3 is 2.29 bits per heavy atom. The van der Waals surface area contributed by atoms with Crippen LogP contribution in [0.25, 0.3) is 11.0 Å². The Balaban J connectivity index is 1.45. The number of nitrogens with zero attached hydrogens (tertiary/aromatic N) is 3. The molecule has 0 saturated heterocycles. The highest BCUT2D eigenvalue weighted by atomic mass is 16.2. The molecular weight excluding hydrogens is 354 g/mol. The van der Waals surface area contributed by atoms with Crippen molar-refractivity contribution in [3.63, 3.8) is 0 Å². The first kappa shape index (κ1) is 17.4. The van der Waals surface area contributed by atoms with E-state index in [1.165, 1.54) is 0 Å².